The zero-order valence-corrected chi connectivity index (χ0v) is 10.8. The van der Waals surface area contributed by atoms with Crippen molar-refractivity contribution in [2.24, 2.45) is 10.9 Å². The summed E-state index contributed by atoms with van der Waals surface area (Å²) >= 11 is 0. The zero-order chi connectivity index (χ0) is 15.2. The molecule has 0 unspecified atom stereocenters. The first-order chi connectivity index (χ1) is 10.1. The fourth-order valence-corrected chi connectivity index (χ4v) is 1.63. The summed E-state index contributed by atoms with van der Waals surface area (Å²) in [7, 11) is 0. The van der Waals surface area contributed by atoms with Crippen molar-refractivity contribution in [1.29, 1.82) is 0 Å². The molecule has 2 rings (SSSR count). The fraction of sp³-hybridized carbons (Fsp3) is 0.0769. The van der Waals surface area contributed by atoms with Gasteiger partial charge in [0, 0.05) is 12.1 Å². The highest BCUT2D eigenvalue weighted by Crippen LogP contribution is 2.20. The first-order valence-electron chi connectivity index (χ1n) is 5.92. The van der Waals surface area contributed by atoms with Crippen molar-refractivity contribution in [3.63, 3.8) is 0 Å². The van der Waals surface area contributed by atoms with E-state index in [2.05, 4.69) is 10.1 Å². The quantitative estimate of drug-likeness (QED) is 0.283. The Balaban J connectivity index is 2.23. The van der Waals surface area contributed by atoms with Gasteiger partial charge in [-0.15, -0.1) is 0 Å². The molecule has 0 amide bonds. The van der Waals surface area contributed by atoms with Crippen LogP contribution >= 0.6 is 0 Å². The third-order valence-corrected chi connectivity index (χ3v) is 2.62. The van der Waals surface area contributed by atoms with E-state index < -0.39 is 10.8 Å². The number of oxime groups is 1. The number of hydrogen-bond donors (Lipinski definition) is 2. The number of pyridine rings is 1. The maximum absolute atomic E-state index is 10.9. The Bertz CT molecular complexity index is 673. The van der Waals surface area contributed by atoms with Crippen LogP contribution in [-0.4, -0.2) is 21.0 Å². The minimum atomic E-state index is -0.665. The molecule has 0 spiro atoms. The summed E-state index contributed by atoms with van der Waals surface area (Å²) in [6.45, 7) is 0.251. The van der Waals surface area contributed by atoms with Gasteiger partial charge >= 0.3 is 0 Å². The first-order valence-corrected chi connectivity index (χ1v) is 5.92. The van der Waals surface area contributed by atoms with Crippen molar-refractivity contribution in [2.75, 3.05) is 0 Å². The van der Waals surface area contributed by atoms with E-state index in [0.717, 1.165) is 5.56 Å². The number of nitro groups is 1. The van der Waals surface area contributed by atoms with Gasteiger partial charge in [-0.25, -0.2) is 4.98 Å². The van der Waals surface area contributed by atoms with Crippen LogP contribution in [0.3, 0.4) is 0 Å². The van der Waals surface area contributed by atoms with Gasteiger partial charge in [-0.05, 0) is 5.56 Å². The van der Waals surface area contributed by atoms with Crippen molar-refractivity contribution in [1.82, 2.24) is 4.98 Å². The van der Waals surface area contributed by atoms with E-state index in [9.17, 15) is 10.1 Å². The van der Waals surface area contributed by atoms with Gasteiger partial charge < -0.3 is 15.7 Å². The van der Waals surface area contributed by atoms with Crippen LogP contribution in [0.25, 0.3) is 0 Å². The molecule has 108 valence electrons. The molecular weight excluding hydrogens is 276 g/mol. The number of benzene rings is 1. The van der Waals surface area contributed by atoms with Crippen LogP contribution in [0, 0.1) is 10.1 Å². The molecule has 0 aliphatic heterocycles. The van der Waals surface area contributed by atoms with E-state index in [4.69, 9.17) is 15.7 Å². The third kappa shape index (κ3) is 3.44. The smallest absolute Gasteiger partial charge is 0.299 e. The second-order valence-corrected chi connectivity index (χ2v) is 4.03. The standard InChI is InChI=1S/C13H12N4O4/c14-13(16-18)12-10(17(19)20)6-7-11(15-12)21-8-9-4-2-1-3-5-9/h1-7,18H,8H2,(H2,14,16). The number of amidine groups is 1. The van der Waals surface area contributed by atoms with Crippen molar-refractivity contribution in [2.45, 2.75) is 6.61 Å². The number of rotatable bonds is 5. The molecule has 1 aromatic heterocycles. The minimum absolute atomic E-state index is 0.144. The first kappa shape index (κ1) is 14.3. The summed E-state index contributed by atoms with van der Waals surface area (Å²) in [6.07, 6.45) is 0. The zero-order valence-electron chi connectivity index (χ0n) is 10.8. The number of hydrogen-bond acceptors (Lipinski definition) is 6. The van der Waals surface area contributed by atoms with E-state index in [0.29, 0.717) is 0 Å². The molecule has 8 nitrogen and oxygen atoms in total. The second kappa shape index (κ2) is 6.33. The van der Waals surface area contributed by atoms with Crippen LogP contribution in [0.1, 0.15) is 11.3 Å². The average molecular weight is 288 g/mol. The number of aromatic nitrogens is 1. The van der Waals surface area contributed by atoms with E-state index in [1.807, 2.05) is 30.3 Å². The van der Waals surface area contributed by atoms with E-state index in [-0.39, 0.29) is 23.9 Å². The monoisotopic (exact) mass is 288 g/mol. The Morgan fingerprint density at radius 2 is 2.05 bits per heavy atom. The summed E-state index contributed by atoms with van der Waals surface area (Å²) in [5.74, 6) is -0.307. The maximum Gasteiger partial charge on any atom is 0.299 e. The Hall–Kier alpha value is -3.16. The Kier molecular flexibility index (Phi) is 4.30. The van der Waals surface area contributed by atoms with E-state index >= 15 is 0 Å². The molecule has 0 atom stereocenters. The topological polar surface area (TPSA) is 124 Å². The summed E-state index contributed by atoms with van der Waals surface area (Å²) in [6, 6.07) is 11.9. The van der Waals surface area contributed by atoms with Gasteiger partial charge in [-0.2, -0.15) is 0 Å². The second-order valence-electron chi connectivity index (χ2n) is 4.03. The van der Waals surface area contributed by atoms with Crippen molar-refractivity contribution in [3.8, 4) is 5.88 Å². The molecule has 0 saturated heterocycles. The molecule has 0 fully saturated rings. The molecule has 1 heterocycles. The van der Waals surface area contributed by atoms with Crippen LogP contribution in [0.15, 0.2) is 47.6 Å². The summed E-state index contributed by atoms with van der Waals surface area (Å²) in [4.78, 5) is 14.1. The molecule has 0 aliphatic carbocycles. The minimum Gasteiger partial charge on any atom is -0.473 e. The molecular formula is C13H12N4O4. The predicted octanol–water partition coefficient (Wildman–Crippen LogP) is 1.66. The summed E-state index contributed by atoms with van der Waals surface area (Å²) in [5.41, 5.74) is 5.70. The van der Waals surface area contributed by atoms with Crippen LogP contribution in [0.5, 0.6) is 5.88 Å². The third-order valence-electron chi connectivity index (χ3n) is 2.62. The molecule has 2 aromatic rings. The van der Waals surface area contributed by atoms with Crippen molar-refractivity contribution >= 4 is 11.5 Å². The molecule has 8 heteroatoms. The van der Waals surface area contributed by atoms with Crippen LogP contribution in [0.2, 0.25) is 0 Å². The molecule has 1 aromatic carbocycles. The maximum atomic E-state index is 10.9. The predicted molar refractivity (Wildman–Crippen MR) is 74.2 cm³/mol. The molecule has 0 bridgehead atoms. The fourth-order valence-electron chi connectivity index (χ4n) is 1.63. The van der Waals surface area contributed by atoms with Crippen molar-refractivity contribution in [3.05, 3.63) is 63.8 Å². The SMILES string of the molecule is N/C(=N/O)c1nc(OCc2ccccc2)ccc1[N+](=O)[O-]. The van der Waals surface area contributed by atoms with Gasteiger partial charge in [0.25, 0.3) is 5.69 Å². The van der Waals surface area contributed by atoms with Crippen LogP contribution in [0.4, 0.5) is 5.69 Å². The van der Waals surface area contributed by atoms with Gasteiger partial charge in [0.1, 0.15) is 6.61 Å². The van der Waals surface area contributed by atoms with E-state index in [1.165, 1.54) is 12.1 Å². The average Bonchev–Trinajstić information content (AvgIpc) is 2.52. The number of nitrogens with two attached hydrogens (primary N) is 1. The largest absolute Gasteiger partial charge is 0.473 e. The molecule has 3 N–H and O–H groups in total. The Labute approximate surface area is 119 Å². The van der Waals surface area contributed by atoms with Gasteiger partial charge in [-0.3, -0.25) is 10.1 Å². The van der Waals surface area contributed by atoms with Crippen LogP contribution < -0.4 is 10.5 Å². The van der Waals surface area contributed by atoms with Gasteiger partial charge in [0.05, 0.1) is 4.92 Å². The van der Waals surface area contributed by atoms with E-state index in [1.54, 1.807) is 0 Å². The lowest BCUT2D eigenvalue weighted by molar-refractivity contribution is -0.385. The highest BCUT2D eigenvalue weighted by Gasteiger charge is 2.20. The number of nitrogens with zero attached hydrogens (tertiary/aromatic N) is 3. The molecule has 0 radical (unpaired) electrons. The van der Waals surface area contributed by atoms with Gasteiger partial charge in [-0.1, -0.05) is 35.5 Å². The summed E-state index contributed by atoms with van der Waals surface area (Å²) in [5, 5.41) is 22.3. The molecule has 21 heavy (non-hydrogen) atoms. The molecule has 0 saturated carbocycles. The lowest BCUT2D eigenvalue weighted by atomic mass is 10.2. The van der Waals surface area contributed by atoms with Crippen LogP contribution in [-0.2, 0) is 6.61 Å². The summed E-state index contributed by atoms with van der Waals surface area (Å²) < 4.78 is 5.44. The normalized spacial score (nSPS) is 11.1. The van der Waals surface area contributed by atoms with Crippen molar-refractivity contribution < 1.29 is 14.9 Å². The Morgan fingerprint density at radius 3 is 2.67 bits per heavy atom. The molecule has 0 aliphatic rings. The Morgan fingerprint density at radius 1 is 1.33 bits per heavy atom. The lowest BCUT2D eigenvalue weighted by Crippen LogP contribution is -2.17. The highest BCUT2D eigenvalue weighted by molar-refractivity contribution is 5.98. The highest BCUT2D eigenvalue weighted by atomic mass is 16.6. The lowest BCUT2D eigenvalue weighted by Gasteiger charge is -2.07. The van der Waals surface area contributed by atoms with Gasteiger partial charge in [0.15, 0.2) is 11.5 Å². The number of ether oxygens (including phenoxy) is 1. The van der Waals surface area contributed by atoms with Gasteiger partial charge in [0.2, 0.25) is 5.88 Å².